The molecule has 0 fully saturated rings. The van der Waals surface area contributed by atoms with E-state index in [0.717, 1.165) is 0 Å². The molecule has 3 aromatic heterocycles. The number of amides is 1. The molecule has 0 saturated carbocycles. The molecule has 0 spiro atoms. The average Bonchev–Trinajstić information content (AvgIpc) is 3.22. The van der Waals surface area contributed by atoms with Crippen molar-refractivity contribution < 1.29 is 13.6 Å². The fraction of sp³-hybridized carbons (Fsp3) is 0.200. The van der Waals surface area contributed by atoms with Crippen molar-refractivity contribution in [2.24, 2.45) is 0 Å². The van der Waals surface area contributed by atoms with Gasteiger partial charge in [-0.2, -0.15) is 5.10 Å². The molecule has 0 aliphatic carbocycles. The lowest BCUT2D eigenvalue weighted by Gasteiger charge is -2.09. The minimum absolute atomic E-state index is 0.216. The number of rotatable bonds is 5. The minimum Gasteiger partial charge on any atom is -0.467 e. The fourth-order valence-corrected chi connectivity index (χ4v) is 2.02. The Hall–Kier alpha value is -2.76. The average molecular weight is 285 g/mol. The standard InChI is InChI=1S/C15H15N3O3/c1-11(13-4-2-9-20-13)17-15(19)14-6-5-12(21-14)10-18-8-3-7-16-18/h2-9,11H,10H2,1H3,(H,17,19). The predicted molar refractivity (Wildman–Crippen MR) is 74.6 cm³/mol. The van der Waals surface area contributed by atoms with Gasteiger partial charge in [0.1, 0.15) is 11.5 Å². The maximum Gasteiger partial charge on any atom is 0.287 e. The van der Waals surface area contributed by atoms with Crippen LogP contribution in [-0.4, -0.2) is 15.7 Å². The Bertz CT molecular complexity index is 698. The Kier molecular flexibility index (Phi) is 3.59. The molecule has 1 N–H and O–H groups in total. The second kappa shape index (κ2) is 5.70. The third kappa shape index (κ3) is 3.05. The first-order chi connectivity index (χ1) is 10.2. The van der Waals surface area contributed by atoms with Gasteiger partial charge >= 0.3 is 0 Å². The van der Waals surface area contributed by atoms with Gasteiger partial charge in [0.2, 0.25) is 0 Å². The highest BCUT2D eigenvalue weighted by atomic mass is 16.4. The predicted octanol–water partition coefficient (Wildman–Crippen LogP) is 2.61. The van der Waals surface area contributed by atoms with Crippen molar-refractivity contribution in [1.82, 2.24) is 15.1 Å². The molecule has 0 aliphatic rings. The van der Waals surface area contributed by atoms with Crippen molar-refractivity contribution in [2.45, 2.75) is 19.5 Å². The summed E-state index contributed by atoms with van der Waals surface area (Å²) in [5.41, 5.74) is 0. The smallest absolute Gasteiger partial charge is 0.287 e. The largest absolute Gasteiger partial charge is 0.467 e. The zero-order valence-corrected chi connectivity index (χ0v) is 11.5. The molecular weight excluding hydrogens is 270 g/mol. The number of hydrogen-bond acceptors (Lipinski definition) is 4. The second-order valence-electron chi connectivity index (χ2n) is 4.68. The third-order valence-corrected chi connectivity index (χ3v) is 3.08. The minimum atomic E-state index is -0.273. The number of carbonyl (C=O) groups is 1. The molecule has 0 aliphatic heterocycles. The molecule has 0 radical (unpaired) electrons. The molecule has 6 nitrogen and oxygen atoms in total. The van der Waals surface area contributed by atoms with Crippen molar-refractivity contribution in [3.8, 4) is 0 Å². The number of nitrogens with one attached hydrogen (secondary N) is 1. The summed E-state index contributed by atoms with van der Waals surface area (Å²) in [6, 6.07) is 8.65. The van der Waals surface area contributed by atoms with Crippen LogP contribution in [0.1, 0.15) is 35.0 Å². The zero-order chi connectivity index (χ0) is 14.7. The Morgan fingerprint density at radius 3 is 3.00 bits per heavy atom. The van der Waals surface area contributed by atoms with Crippen LogP contribution in [0.4, 0.5) is 0 Å². The van der Waals surface area contributed by atoms with Gasteiger partial charge in [-0.3, -0.25) is 9.48 Å². The number of aromatic nitrogens is 2. The molecule has 3 heterocycles. The number of carbonyl (C=O) groups excluding carboxylic acids is 1. The Labute approximate surface area is 121 Å². The van der Waals surface area contributed by atoms with Crippen molar-refractivity contribution in [3.63, 3.8) is 0 Å². The molecule has 1 unspecified atom stereocenters. The van der Waals surface area contributed by atoms with Gasteiger partial charge in [0, 0.05) is 12.4 Å². The summed E-state index contributed by atoms with van der Waals surface area (Å²) in [4.78, 5) is 12.1. The van der Waals surface area contributed by atoms with Crippen LogP contribution >= 0.6 is 0 Å². The molecule has 6 heteroatoms. The summed E-state index contributed by atoms with van der Waals surface area (Å²) in [7, 11) is 0. The maximum atomic E-state index is 12.1. The number of nitrogens with zero attached hydrogens (tertiary/aromatic N) is 2. The highest BCUT2D eigenvalue weighted by molar-refractivity contribution is 5.91. The van der Waals surface area contributed by atoms with Crippen LogP contribution in [-0.2, 0) is 6.54 Å². The van der Waals surface area contributed by atoms with Gasteiger partial charge in [0.25, 0.3) is 5.91 Å². The Balaban J connectivity index is 1.64. The van der Waals surface area contributed by atoms with Crippen LogP contribution in [0.25, 0.3) is 0 Å². The van der Waals surface area contributed by atoms with Gasteiger partial charge < -0.3 is 14.2 Å². The summed E-state index contributed by atoms with van der Waals surface area (Å²) in [5, 5.41) is 6.91. The van der Waals surface area contributed by atoms with Crippen LogP contribution in [0.2, 0.25) is 0 Å². The van der Waals surface area contributed by atoms with E-state index in [2.05, 4.69) is 10.4 Å². The van der Waals surface area contributed by atoms with Crippen molar-refractivity contribution >= 4 is 5.91 Å². The molecule has 21 heavy (non-hydrogen) atoms. The molecule has 108 valence electrons. The number of hydrogen-bond donors (Lipinski definition) is 1. The van der Waals surface area contributed by atoms with E-state index in [9.17, 15) is 4.79 Å². The van der Waals surface area contributed by atoms with Crippen LogP contribution < -0.4 is 5.32 Å². The number of furan rings is 2. The van der Waals surface area contributed by atoms with Gasteiger partial charge in [0.15, 0.2) is 5.76 Å². The van der Waals surface area contributed by atoms with Gasteiger partial charge in [-0.05, 0) is 37.3 Å². The molecular formula is C15H15N3O3. The fourth-order valence-electron chi connectivity index (χ4n) is 2.02. The molecule has 3 aromatic rings. The topological polar surface area (TPSA) is 73.2 Å². The van der Waals surface area contributed by atoms with E-state index in [1.807, 2.05) is 25.3 Å². The van der Waals surface area contributed by atoms with Crippen LogP contribution in [0, 0.1) is 0 Å². The van der Waals surface area contributed by atoms with Crippen molar-refractivity contribution in [1.29, 1.82) is 0 Å². The van der Waals surface area contributed by atoms with Gasteiger partial charge in [-0.15, -0.1) is 0 Å². The van der Waals surface area contributed by atoms with Crippen LogP contribution in [0.15, 0.2) is 57.8 Å². The second-order valence-corrected chi connectivity index (χ2v) is 4.68. The van der Waals surface area contributed by atoms with E-state index < -0.39 is 0 Å². The molecule has 1 atom stereocenters. The highest BCUT2D eigenvalue weighted by Crippen LogP contribution is 2.15. The van der Waals surface area contributed by atoms with Crippen molar-refractivity contribution in [3.05, 3.63) is 66.3 Å². The van der Waals surface area contributed by atoms with Gasteiger partial charge in [-0.25, -0.2) is 0 Å². The summed E-state index contributed by atoms with van der Waals surface area (Å²) >= 11 is 0. The van der Waals surface area contributed by atoms with Crippen LogP contribution in [0.5, 0.6) is 0 Å². The van der Waals surface area contributed by atoms with Gasteiger partial charge in [0.05, 0.1) is 18.8 Å². The molecule has 0 aromatic carbocycles. The van der Waals surface area contributed by atoms with Gasteiger partial charge in [-0.1, -0.05) is 0 Å². The van der Waals surface area contributed by atoms with E-state index in [1.165, 1.54) is 0 Å². The highest BCUT2D eigenvalue weighted by Gasteiger charge is 2.16. The molecule has 0 saturated heterocycles. The maximum absolute atomic E-state index is 12.1. The van der Waals surface area contributed by atoms with E-state index in [4.69, 9.17) is 8.83 Å². The summed E-state index contributed by atoms with van der Waals surface area (Å²) in [6.45, 7) is 2.35. The molecule has 0 bridgehead atoms. The van der Waals surface area contributed by atoms with E-state index in [0.29, 0.717) is 18.1 Å². The molecule has 3 rings (SSSR count). The van der Waals surface area contributed by atoms with Crippen LogP contribution in [0.3, 0.4) is 0 Å². The zero-order valence-electron chi connectivity index (χ0n) is 11.5. The summed E-state index contributed by atoms with van der Waals surface area (Å²) in [5.74, 6) is 1.38. The van der Waals surface area contributed by atoms with E-state index >= 15 is 0 Å². The monoisotopic (exact) mass is 285 g/mol. The Morgan fingerprint density at radius 1 is 1.38 bits per heavy atom. The first kappa shape index (κ1) is 13.2. The SMILES string of the molecule is CC(NC(=O)c1ccc(Cn2cccn2)o1)c1ccco1. The summed E-state index contributed by atoms with van der Waals surface area (Å²) < 4.78 is 12.5. The first-order valence-corrected chi connectivity index (χ1v) is 6.63. The first-order valence-electron chi connectivity index (χ1n) is 6.63. The van der Waals surface area contributed by atoms with Crippen molar-refractivity contribution in [2.75, 3.05) is 0 Å². The third-order valence-electron chi connectivity index (χ3n) is 3.08. The lowest BCUT2D eigenvalue weighted by Crippen LogP contribution is -2.25. The van der Waals surface area contributed by atoms with E-state index in [-0.39, 0.29) is 17.7 Å². The quantitative estimate of drug-likeness (QED) is 0.782. The summed E-state index contributed by atoms with van der Waals surface area (Å²) in [6.07, 6.45) is 5.11. The molecule has 1 amide bonds. The lowest BCUT2D eigenvalue weighted by atomic mass is 10.2. The normalized spacial score (nSPS) is 12.2. The van der Waals surface area contributed by atoms with E-state index in [1.54, 1.807) is 35.3 Å². The lowest BCUT2D eigenvalue weighted by molar-refractivity contribution is 0.0905. The Morgan fingerprint density at radius 2 is 2.29 bits per heavy atom.